The van der Waals surface area contributed by atoms with Crippen LogP contribution in [0, 0.1) is 5.92 Å². The van der Waals surface area contributed by atoms with Crippen molar-refractivity contribution < 1.29 is 14.0 Å². The second-order valence-electron chi connectivity index (χ2n) is 6.98. The van der Waals surface area contributed by atoms with Crippen LogP contribution in [0.25, 0.3) is 0 Å². The van der Waals surface area contributed by atoms with E-state index in [1.807, 2.05) is 0 Å². The van der Waals surface area contributed by atoms with Crippen molar-refractivity contribution in [3.05, 3.63) is 24.2 Å². The number of carbonyl (C=O) groups excluding carboxylic acids is 2. The van der Waals surface area contributed by atoms with Gasteiger partial charge in [0.1, 0.15) is 0 Å². The molecule has 2 atom stereocenters. The van der Waals surface area contributed by atoms with Crippen LogP contribution in [0.3, 0.4) is 0 Å². The van der Waals surface area contributed by atoms with E-state index in [4.69, 9.17) is 4.42 Å². The van der Waals surface area contributed by atoms with Gasteiger partial charge >= 0.3 is 0 Å². The highest BCUT2D eigenvalue weighted by molar-refractivity contribution is 5.91. The zero-order chi connectivity index (χ0) is 16.9. The molecular formula is C18H27N3O3. The van der Waals surface area contributed by atoms with Gasteiger partial charge < -0.3 is 14.6 Å². The molecule has 2 aliphatic rings. The topological polar surface area (TPSA) is 65.8 Å². The molecule has 6 heteroatoms. The van der Waals surface area contributed by atoms with E-state index in [-0.39, 0.29) is 11.8 Å². The van der Waals surface area contributed by atoms with Crippen LogP contribution >= 0.6 is 0 Å². The molecule has 2 heterocycles. The van der Waals surface area contributed by atoms with Crippen molar-refractivity contribution >= 4 is 11.8 Å². The lowest BCUT2D eigenvalue weighted by Crippen LogP contribution is -2.52. The Balaban J connectivity index is 1.42. The highest BCUT2D eigenvalue weighted by Crippen LogP contribution is 2.23. The molecule has 6 nitrogen and oxygen atoms in total. The molecule has 1 aliphatic heterocycles. The number of nitrogens with one attached hydrogen (secondary N) is 1. The largest absolute Gasteiger partial charge is 0.459 e. The standard InChI is InChI=1S/C18H27N3O3/c1-14-5-2-3-6-15(14)19-17(22)13-20-8-10-21(11-9-20)18(23)16-7-4-12-24-16/h4,7,12,14-15H,2-3,5-6,8-11,13H2,1H3,(H,19,22)/t14-,15-/m0/s1. The molecule has 1 saturated heterocycles. The number of nitrogens with zero attached hydrogens (tertiary/aromatic N) is 2. The van der Waals surface area contributed by atoms with Crippen LogP contribution in [0.2, 0.25) is 0 Å². The molecule has 0 bridgehead atoms. The second kappa shape index (κ2) is 7.83. The molecule has 0 unspecified atom stereocenters. The maximum atomic E-state index is 12.3. The minimum atomic E-state index is -0.0693. The van der Waals surface area contributed by atoms with Crippen LogP contribution in [0.1, 0.15) is 43.2 Å². The molecule has 1 N–H and O–H groups in total. The number of amides is 2. The minimum absolute atomic E-state index is 0.0693. The van der Waals surface area contributed by atoms with Gasteiger partial charge in [0, 0.05) is 32.2 Å². The molecule has 0 spiro atoms. The number of hydrogen-bond acceptors (Lipinski definition) is 4. The Morgan fingerprint density at radius 2 is 1.96 bits per heavy atom. The molecule has 3 rings (SSSR count). The smallest absolute Gasteiger partial charge is 0.289 e. The van der Waals surface area contributed by atoms with Crippen LogP contribution in [0.15, 0.2) is 22.8 Å². The van der Waals surface area contributed by atoms with Crippen molar-refractivity contribution in [3.8, 4) is 0 Å². The minimum Gasteiger partial charge on any atom is -0.459 e. The normalized spacial score (nSPS) is 25.5. The molecular weight excluding hydrogens is 306 g/mol. The Hall–Kier alpha value is -1.82. The van der Waals surface area contributed by atoms with Gasteiger partial charge in [-0.2, -0.15) is 0 Å². The van der Waals surface area contributed by atoms with Crippen molar-refractivity contribution in [2.45, 2.75) is 38.6 Å². The summed E-state index contributed by atoms with van der Waals surface area (Å²) in [4.78, 5) is 28.4. The summed E-state index contributed by atoms with van der Waals surface area (Å²) in [6.45, 7) is 5.36. The van der Waals surface area contributed by atoms with Gasteiger partial charge in [0.2, 0.25) is 5.91 Å². The molecule has 0 radical (unpaired) electrons. The van der Waals surface area contributed by atoms with Gasteiger partial charge in [-0.05, 0) is 30.9 Å². The van der Waals surface area contributed by atoms with E-state index in [0.29, 0.717) is 37.4 Å². The highest BCUT2D eigenvalue weighted by atomic mass is 16.3. The van der Waals surface area contributed by atoms with Crippen LogP contribution in [0.4, 0.5) is 0 Å². The zero-order valence-electron chi connectivity index (χ0n) is 14.4. The maximum Gasteiger partial charge on any atom is 0.289 e. The zero-order valence-corrected chi connectivity index (χ0v) is 14.4. The first-order valence-corrected chi connectivity index (χ1v) is 8.98. The maximum absolute atomic E-state index is 12.3. The molecule has 24 heavy (non-hydrogen) atoms. The third-order valence-corrected chi connectivity index (χ3v) is 5.22. The van der Waals surface area contributed by atoms with E-state index in [2.05, 4.69) is 17.1 Å². The van der Waals surface area contributed by atoms with Crippen molar-refractivity contribution in [1.29, 1.82) is 0 Å². The fourth-order valence-electron chi connectivity index (χ4n) is 3.65. The first kappa shape index (κ1) is 17.0. The van der Waals surface area contributed by atoms with Crippen molar-refractivity contribution in [2.75, 3.05) is 32.7 Å². The highest BCUT2D eigenvalue weighted by Gasteiger charge is 2.26. The Labute approximate surface area is 143 Å². The lowest BCUT2D eigenvalue weighted by Gasteiger charge is -2.35. The van der Waals surface area contributed by atoms with Gasteiger partial charge in [-0.1, -0.05) is 19.8 Å². The van der Waals surface area contributed by atoms with Crippen LogP contribution < -0.4 is 5.32 Å². The molecule has 1 saturated carbocycles. The fraction of sp³-hybridized carbons (Fsp3) is 0.667. The second-order valence-corrected chi connectivity index (χ2v) is 6.98. The quantitative estimate of drug-likeness (QED) is 0.911. The first-order valence-electron chi connectivity index (χ1n) is 8.98. The molecule has 1 aromatic heterocycles. The monoisotopic (exact) mass is 333 g/mol. The van der Waals surface area contributed by atoms with Gasteiger partial charge in [0.15, 0.2) is 5.76 Å². The molecule has 0 aromatic carbocycles. The number of hydrogen-bond donors (Lipinski definition) is 1. The van der Waals surface area contributed by atoms with E-state index < -0.39 is 0 Å². The predicted octanol–water partition coefficient (Wildman–Crippen LogP) is 1.73. The van der Waals surface area contributed by atoms with E-state index in [0.717, 1.165) is 19.5 Å². The van der Waals surface area contributed by atoms with Crippen molar-refractivity contribution in [1.82, 2.24) is 15.1 Å². The number of carbonyl (C=O) groups is 2. The summed E-state index contributed by atoms with van der Waals surface area (Å²) in [6, 6.07) is 3.74. The number of furan rings is 1. The fourth-order valence-corrected chi connectivity index (χ4v) is 3.65. The van der Waals surface area contributed by atoms with Gasteiger partial charge in [0.25, 0.3) is 5.91 Å². The Bertz CT molecular complexity index is 550. The van der Waals surface area contributed by atoms with E-state index in [1.165, 1.54) is 25.5 Å². The summed E-state index contributed by atoms with van der Waals surface area (Å²) in [5.41, 5.74) is 0. The van der Waals surface area contributed by atoms with Gasteiger partial charge in [-0.15, -0.1) is 0 Å². The molecule has 1 aromatic rings. The summed E-state index contributed by atoms with van der Waals surface area (Å²) in [5, 5.41) is 3.20. The third kappa shape index (κ3) is 4.17. The average molecular weight is 333 g/mol. The Kier molecular flexibility index (Phi) is 5.56. The summed E-state index contributed by atoms with van der Waals surface area (Å²) < 4.78 is 5.17. The van der Waals surface area contributed by atoms with Crippen LogP contribution in [0.5, 0.6) is 0 Å². The SMILES string of the molecule is C[C@H]1CCCC[C@@H]1NC(=O)CN1CCN(C(=O)c2ccco2)CC1. The number of piperazine rings is 1. The molecule has 132 valence electrons. The number of rotatable bonds is 4. The van der Waals surface area contributed by atoms with E-state index >= 15 is 0 Å². The Morgan fingerprint density at radius 1 is 1.21 bits per heavy atom. The van der Waals surface area contributed by atoms with Crippen LogP contribution in [-0.4, -0.2) is 60.4 Å². The first-order chi connectivity index (χ1) is 11.6. The van der Waals surface area contributed by atoms with E-state index in [9.17, 15) is 9.59 Å². The Morgan fingerprint density at radius 3 is 2.62 bits per heavy atom. The molecule has 1 aliphatic carbocycles. The summed E-state index contributed by atoms with van der Waals surface area (Å²) in [5.74, 6) is 0.998. The average Bonchev–Trinajstić information content (AvgIpc) is 3.11. The van der Waals surface area contributed by atoms with Gasteiger partial charge in [-0.25, -0.2) is 0 Å². The molecule has 2 amide bonds. The third-order valence-electron chi connectivity index (χ3n) is 5.22. The molecule has 2 fully saturated rings. The summed E-state index contributed by atoms with van der Waals surface area (Å²) >= 11 is 0. The van der Waals surface area contributed by atoms with Gasteiger partial charge in [-0.3, -0.25) is 14.5 Å². The van der Waals surface area contributed by atoms with E-state index in [1.54, 1.807) is 17.0 Å². The van der Waals surface area contributed by atoms with Crippen LogP contribution in [-0.2, 0) is 4.79 Å². The van der Waals surface area contributed by atoms with Crippen molar-refractivity contribution in [3.63, 3.8) is 0 Å². The van der Waals surface area contributed by atoms with Crippen molar-refractivity contribution in [2.24, 2.45) is 5.92 Å². The summed E-state index contributed by atoms with van der Waals surface area (Å²) in [7, 11) is 0. The van der Waals surface area contributed by atoms with Gasteiger partial charge in [0.05, 0.1) is 12.8 Å². The predicted molar refractivity (Wildman–Crippen MR) is 90.6 cm³/mol. The lowest BCUT2D eigenvalue weighted by atomic mass is 9.86. The summed E-state index contributed by atoms with van der Waals surface area (Å²) in [6.07, 6.45) is 6.30. The lowest BCUT2D eigenvalue weighted by molar-refractivity contribution is -0.123.